The molecular formula is C11H16N2O. The summed E-state index contributed by atoms with van der Waals surface area (Å²) in [5, 5.41) is 9.95. The molecule has 1 aliphatic heterocycles. The molecule has 2 unspecified atom stereocenters. The van der Waals surface area contributed by atoms with Crippen LogP contribution in [0.15, 0.2) is 18.2 Å². The zero-order valence-corrected chi connectivity index (χ0v) is 8.57. The number of anilines is 2. The van der Waals surface area contributed by atoms with Crippen molar-refractivity contribution in [2.24, 2.45) is 0 Å². The molecule has 2 atom stereocenters. The van der Waals surface area contributed by atoms with E-state index < -0.39 is 6.23 Å². The highest BCUT2D eigenvalue weighted by Crippen LogP contribution is 2.40. The maximum absolute atomic E-state index is 9.95. The normalized spacial score (nSPS) is 25.2. The van der Waals surface area contributed by atoms with Crippen molar-refractivity contribution in [3.8, 4) is 0 Å². The first kappa shape index (κ1) is 9.34. The molecule has 0 aromatic heterocycles. The van der Waals surface area contributed by atoms with Gasteiger partial charge in [0.15, 0.2) is 0 Å². The van der Waals surface area contributed by atoms with Crippen LogP contribution in [-0.4, -0.2) is 17.9 Å². The molecule has 3 heteroatoms. The van der Waals surface area contributed by atoms with Gasteiger partial charge in [-0.1, -0.05) is 6.92 Å². The average molecular weight is 192 g/mol. The fraction of sp³-hybridized carbons (Fsp3) is 0.455. The molecule has 0 aliphatic carbocycles. The Morgan fingerprint density at radius 2 is 2.21 bits per heavy atom. The van der Waals surface area contributed by atoms with Gasteiger partial charge in [0, 0.05) is 23.8 Å². The van der Waals surface area contributed by atoms with Crippen LogP contribution in [0.25, 0.3) is 0 Å². The monoisotopic (exact) mass is 192 g/mol. The SMILES string of the molecule is CCN1c2ccc(N)cc2C(C)C1O. The molecule has 1 heterocycles. The molecule has 2 rings (SSSR count). The van der Waals surface area contributed by atoms with E-state index in [1.165, 1.54) is 0 Å². The predicted molar refractivity (Wildman–Crippen MR) is 58.3 cm³/mol. The highest BCUT2D eigenvalue weighted by Gasteiger charge is 2.33. The van der Waals surface area contributed by atoms with E-state index in [9.17, 15) is 5.11 Å². The summed E-state index contributed by atoms with van der Waals surface area (Å²) in [7, 11) is 0. The summed E-state index contributed by atoms with van der Waals surface area (Å²) >= 11 is 0. The van der Waals surface area contributed by atoms with Crippen molar-refractivity contribution in [3.05, 3.63) is 23.8 Å². The van der Waals surface area contributed by atoms with Crippen LogP contribution in [0, 0.1) is 0 Å². The largest absolute Gasteiger partial charge is 0.399 e. The molecule has 1 aromatic rings. The average Bonchev–Trinajstić information content (AvgIpc) is 2.41. The van der Waals surface area contributed by atoms with Gasteiger partial charge < -0.3 is 15.7 Å². The number of hydrogen-bond donors (Lipinski definition) is 2. The van der Waals surface area contributed by atoms with E-state index >= 15 is 0 Å². The second-order valence-corrected chi connectivity index (χ2v) is 3.81. The zero-order chi connectivity index (χ0) is 10.3. The van der Waals surface area contributed by atoms with Gasteiger partial charge in [0.1, 0.15) is 6.23 Å². The zero-order valence-electron chi connectivity index (χ0n) is 8.57. The number of rotatable bonds is 1. The number of aliphatic hydroxyl groups is 1. The molecule has 0 fully saturated rings. The summed E-state index contributed by atoms with van der Waals surface area (Å²) < 4.78 is 0. The van der Waals surface area contributed by atoms with E-state index in [0.717, 1.165) is 23.5 Å². The second-order valence-electron chi connectivity index (χ2n) is 3.81. The molecule has 3 N–H and O–H groups in total. The van der Waals surface area contributed by atoms with E-state index in [0.29, 0.717) is 0 Å². The molecule has 0 amide bonds. The molecule has 0 radical (unpaired) electrons. The van der Waals surface area contributed by atoms with Crippen LogP contribution in [0.1, 0.15) is 25.3 Å². The lowest BCUT2D eigenvalue weighted by Gasteiger charge is -2.22. The molecule has 0 bridgehead atoms. The fourth-order valence-electron chi connectivity index (χ4n) is 2.13. The second kappa shape index (κ2) is 3.17. The molecule has 3 nitrogen and oxygen atoms in total. The van der Waals surface area contributed by atoms with Crippen LogP contribution in [0.5, 0.6) is 0 Å². The van der Waals surface area contributed by atoms with Crippen molar-refractivity contribution in [3.63, 3.8) is 0 Å². The smallest absolute Gasteiger partial charge is 0.133 e. The van der Waals surface area contributed by atoms with Crippen LogP contribution < -0.4 is 10.6 Å². The number of nitrogen functional groups attached to an aromatic ring is 1. The number of nitrogens with two attached hydrogens (primary N) is 1. The summed E-state index contributed by atoms with van der Waals surface area (Å²) in [4.78, 5) is 2.00. The minimum Gasteiger partial charge on any atom is -0.399 e. The first-order valence-electron chi connectivity index (χ1n) is 4.99. The van der Waals surface area contributed by atoms with E-state index in [-0.39, 0.29) is 5.92 Å². The molecule has 14 heavy (non-hydrogen) atoms. The van der Waals surface area contributed by atoms with Crippen molar-refractivity contribution in [2.45, 2.75) is 26.0 Å². The molecule has 0 spiro atoms. The number of benzene rings is 1. The van der Waals surface area contributed by atoms with Crippen LogP contribution in [0.2, 0.25) is 0 Å². The van der Waals surface area contributed by atoms with E-state index in [1.807, 2.05) is 36.9 Å². The van der Waals surface area contributed by atoms with Gasteiger partial charge in [-0.2, -0.15) is 0 Å². The summed E-state index contributed by atoms with van der Waals surface area (Å²) in [5.74, 6) is 0.147. The quantitative estimate of drug-likeness (QED) is 0.663. The van der Waals surface area contributed by atoms with Gasteiger partial charge in [-0.05, 0) is 30.7 Å². The van der Waals surface area contributed by atoms with Gasteiger partial charge in [0.25, 0.3) is 0 Å². The van der Waals surface area contributed by atoms with Gasteiger partial charge in [0.2, 0.25) is 0 Å². The van der Waals surface area contributed by atoms with E-state index in [4.69, 9.17) is 5.73 Å². The minimum atomic E-state index is -0.406. The van der Waals surface area contributed by atoms with Crippen LogP contribution in [0.4, 0.5) is 11.4 Å². The topological polar surface area (TPSA) is 49.5 Å². The lowest BCUT2D eigenvalue weighted by molar-refractivity contribution is 0.156. The lowest BCUT2D eigenvalue weighted by Crippen LogP contribution is -2.32. The predicted octanol–water partition coefficient (Wildman–Crippen LogP) is 1.53. The maximum Gasteiger partial charge on any atom is 0.133 e. The molecule has 0 saturated heterocycles. The third-order valence-electron chi connectivity index (χ3n) is 2.96. The van der Waals surface area contributed by atoms with Crippen molar-refractivity contribution < 1.29 is 5.11 Å². The lowest BCUT2D eigenvalue weighted by atomic mass is 10.0. The summed E-state index contributed by atoms with van der Waals surface area (Å²) in [5.41, 5.74) is 8.75. The van der Waals surface area contributed by atoms with Crippen molar-refractivity contribution >= 4 is 11.4 Å². The Balaban J connectivity index is 2.50. The Labute approximate surface area is 84.1 Å². The Hall–Kier alpha value is -1.22. The van der Waals surface area contributed by atoms with Crippen LogP contribution in [-0.2, 0) is 0 Å². The van der Waals surface area contributed by atoms with Gasteiger partial charge in [-0.25, -0.2) is 0 Å². The highest BCUT2D eigenvalue weighted by molar-refractivity contribution is 5.65. The molecular weight excluding hydrogens is 176 g/mol. The van der Waals surface area contributed by atoms with Gasteiger partial charge in [-0.15, -0.1) is 0 Å². The highest BCUT2D eigenvalue weighted by atomic mass is 16.3. The van der Waals surface area contributed by atoms with Crippen LogP contribution >= 0.6 is 0 Å². The number of nitrogens with zero attached hydrogens (tertiary/aromatic N) is 1. The van der Waals surface area contributed by atoms with Gasteiger partial charge >= 0.3 is 0 Å². The maximum atomic E-state index is 9.95. The first-order chi connectivity index (χ1) is 6.65. The van der Waals surface area contributed by atoms with Crippen molar-refractivity contribution in [1.29, 1.82) is 0 Å². The van der Waals surface area contributed by atoms with E-state index in [2.05, 4.69) is 0 Å². The van der Waals surface area contributed by atoms with Gasteiger partial charge in [-0.3, -0.25) is 0 Å². The Bertz CT molecular complexity index is 351. The van der Waals surface area contributed by atoms with Crippen molar-refractivity contribution in [2.75, 3.05) is 17.2 Å². The van der Waals surface area contributed by atoms with E-state index in [1.54, 1.807) is 0 Å². The summed E-state index contributed by atoms with van der Waals surface area (Å²) in [6, 6.07) is 5.83. The summed E-state index contributed by atoms with van der Waals surface area (Å²) in [6.45, 7) is 4.89. The molecule has 1 aromatic carbocycles. The minimum absolute atomic E-state index is 0.147. The van der Waals surface area contributed by atoms with Crippen LogP contribution in [0.3, 0.4) is 0 Å². The third kappa shape index (κ3) is 1.16. The number of hydrogen-bond acceptors (Lipinski definition) is 3. The number of likely N-dealkylation sites (N-methyl/N-ethyl adjacent to an activating group) is 1. The number of fused-ring (bicyclic) bond motifs is 1. The van der Waals surface area contributed by atoms with Crippen molar-refractivity contribution in [1.82, 2.24) is 0 Å². The Morgan fingerprint density at radius 3 is 2.86 bits per heavy atom. The third-order valence-corrected chi connectivity index (χ3v) is 2.96. The number of aliphatic hydroxyl groups excluding tert-OH is 1. The van der Waals surface area contributed by atoms with Gasteiger partial charge in [0.05, 0.1) is 0 Å². The Kier molecular flexibility index (Phi) is 2.11. The summed E-state index contributed by atoms with van der Waals surface area (Å²) in [6.07, 6.45) is -0.406. The first-order valence-corrected chi connectivity index (χ1v) is 4.99. The Morgan fingerprint density at radius 1 is 1.50 bits per heavy atom. The molecule has 0 saturated carbocycles. The molecule has 1 aliphatic rings. The molecule has 76 valence electrons. The standard InChI is InChI=1S/C11H16N2O/c1-3-13-10-5-4-8(12)6-9(10)7(2)11(13)14/h4-7,11,14H,3,12H2,1-2H3. The fourth-order valence-corrected chi connectivity index (χ4v) is 2.13.